The molecule has 114 valence electrons. The standard InChI is InChI=1S/C16H19N5O/c1-10(2)14(15-17-8-19-20(15)4)21-9-18-13-7-11(3)5-6-12(13)16(21)22/h5-10,14H,1-4H3/t14-/m0/s1. The van der Waals surface area contributed by atoms with Crippen molar-refractivity contribution >= 4 is 10.9 Å². The Morgan fingerprint density at radius 1 is 1.18 bits per heavy atom. The Bertz CT molecular complexity index is 878. The average Bonchev–Trinajstić information content (AvgIpc) is 2.87. The van der Waals surface area contributed by atoms with Gasteiger partial charge in [0.05, 0.1) is 23.3 Å². The van der Waals surface area contributed by atoms with Gasteiger partial charge in [-0.05, 0) is 30.5 Å². The first-order valence-electron chi connectivity index (χ1n) is 7.30. The van der Waals surface area contributed by atoms with E-state index in [9.17, 15) is 4.79 Å². The molecule has 3 rings (SSSR count). The number of hydrogen-bond donors (Lipinski definition) is 0. The van der Waals surface area contributed by atoms with Crippen LogP contribution in [0.1, 0.15) is 31.3 Å². The zero-order valence-corrected chi connectivity index (χ0v) is 13.2. The van der Waals surface area contributed by atoms with Crippen LogP contribution in [0.3, 0.4) is 0 Å². The van der Waals surface area contributed by atoms with Crippen LogP contribution >= 0.6 is 0 Å². The molecular weight excluding hydrogens is 278 g/mol. The molecule has 0 saturated carbocycles. The lowest BCUT2D eigenvalue weighted by molar-refractivity contribution is 0.392. The van der Waals surface area contributed by atoms with Crippen molar-refractivity contribution in [3.05, 3.63) is 52.6 Å². The molecule has 0 fully saturated rings. The Balaban J connectivity index is 2.23. The molecule has 0 aliphatic carbocycles. The fourth-order valence-electron chi connectivity index (χ4n) is 2.76. The summed E-state index contributed by atoms with van der Waals surface area (Å²) in [4.78, 5) is 21.6. The smallest absolute Gasteiger partial charge is 0.261 e. The third-order valence-electron chi connectivity index (χ3n) is 3.88. The number of hydrogen-bond acceptors (Lipinski definition) is 4. The molecule has 22 heavy (non-hydrogen) atoms. The summed E-state index contributed by atoms with van der Waals surface area (Å²) < 4.78 is 3.36. The van der Waals surface area contributed by atoms with E-state index < -0.39 is 0 Å². The van der Waals surface area contributed by atoms with Crippen LogP contribution in [0.4, 0.5) is 0 Å². The van der Waals surface area contributed by atoms with Crippen molar-refractivity contribution in [2.24, 2.45) is 13.0 Å². The van der Waals surface area contributed by atoms with E-state index in [2.05, 4.69) is 28.9 Å². The van der Waals surface area contributed by atoms with Gasteiger partial charge >= 0.3 is 0 Å². The highest BCUT2D eigenvalue weighted by molar-refractivity contribution is 5.77. The molecule has 0 N–H and O–H groups in total. The molecular formula is C16H19N5O. The van der Waals surface area contributed by atoms with Crippen molar-refractivity contribution in [1.29, 1.82) is 0 Å². The largest absolute Gasteiger partial charge is 0.288 e. The SMILES string of the molecule is Cc1ccc2c(=O)n([C@H](c3ncnn3C)C(C)C)cnc2c1. The number of nitrogens with zero attached hydrogens (tertiary/aromatic N) is 5. The summed E-state index contributed by atoms with van der Waals surface area (Å²) in [6.45, 7) is 6.11. The predicted molar refractivity (Wildman–Crippen MR) is 84.7 cm³/mol. The molecule has 0 amide bonds. The Morgan fingerprint density at radius 2 is 1.95 bits per heavy atom. The van der Waals surface area contributed by atoms with E-state index in [0.717, 1.165) is 16.9 Å². The van der Waals surface area contributed by atoms with E-state index in [1.807, 2.05) is 32.2 Å². The van der Waals surface area contributed by atoms with E-state index in [1.165, 1.54) is 6.33 Å². The maximum atomic E-state index is 12.9. The lowest BCUT2D eigenvalue weighted by atomic mass is 10.0. The Morgan fingerprint density at radius 3 is 2.59 bits per heavy atom. The summed E-state index contributed by atoms with van der Waals surface area (Å²) >= 11 is 0. The summed E-state index contributed by atoms with van der Waals surface area (Å²) in [6.07, 6.45) is 3.12. The second-order valence-corrected chi connectivity index (χ2v) is 5.91. The maximum absolute atomic E-state index is 12.9. The molecule has 6 heteroatoms. The molecule has 0 bridgehead atoms. The minimum Gasteiger partial charge on any atom is -0.288 e. The number of fused-ring (bicyclic) bond motifs is 1. The van der Waals surface area contributed by atoms with Crippen molar-refractivity contribution in [2.75, 3.05) is 0 Å². The molecule has 0 aliphatic rings. The van der Waals surface area contributed by atoms with E-state index in [1.54, 1.807) is 15.6 Å². The molecule has 0 unspecified atom stereocenters. The first-order chi connectivity index (χ1) is 10.5. The highest BCUT2D eigenvalue weighted by Gasteiger charge is 2.24. The Labute approximate surface area is 128 Å². The van der Waals surface area contributed by atoms with Crippen LogP contribution in [-0.2, 0) is 7.05 Å². The first kappa shape index (κ1) is 14.4. The third kappa shape index (κ3) is 2.30. The highest BCUT2D eigenvalue weighted by Crippen LogP contribution is 2.23. The Kier molecular flexibility index (Phi) is 3.52. The topological polar surface area (TPSA) is 65.6 Å². The normalized spacial score (nSPS) is 13.0. The summed E-state index contributed by atoms with van der Waals surface area (Å²) in [6, 6.07) is 5.50. The van der Waals surface area contributed by atoms with Crippen LogP contribution in [0.2, 0.25) is 0 Å². The molecule has 1 atom stereocenters. The van der Waals surface area contributed by atoms with Crippen molar-refractivity contribution in [1.82, 2.24) is 24.3 Å². The van der Waals surface area contributed by atoms with Crippen molar-refractivity contribution in [3.8, 4) is 0 Å². The molecule has 2 aromatic heterocycles. The lowest BCUT2D eigenvalue weighted by Crippen LogP contribution is -2.30. The van der Waals surface area contributed by atoms with E-state index >= 15 is 0 Å². The van der Waals surface area contributed by atoms with E-state index in [0.29, 0.717) is 5.39 Å². The quantitative estimate of drug-likeness (QED) is 0.742. The highest BCUT2D eigenvalue weighted by atomic mass is 16.1. The number of aryl methyl sites for hydroxylation is 2. The van der Waals surface area contributed by atoms with Gasteiger partial charge in [0.15, 0.2) is 0 Å². The monoisotopic (exact) mass is 297 g/mol. The second kappa shape index (κ2) is 5.36. The summed E-state index contributed by atoms with van der Waals surface area (Å²) in [5.74, 6) is 0.940. The molecule has 3 aromatic rings. The van der Waals surface area contributed by atoms with Crippen LogP contribution in [0.15, 0.2) is 35.6 Å². The average molecular weight is 297 g/mol. The molecule has 0 radical (unpaired) electrons. The van der Waals surface area contributed by atoms with Crippen LogP contribution in [0.5, 0.6) is 0 Å². The Hall–Kier alpha value is -2.50. The maximum Gasteiger partial charge on any atom is 0.261 e. The van der Waals surface area contributed by atoms with Gasteiger partial charge in [0.2, 0.25) is 0 Å². The number of benzene rings is 1. The van der Waals surface area contributed by atoms with Crippen molar-refractivity contribution in [2.45, 2.75) is 26.8 Å². The lowest BCUT2D eigenvalue weighted by Gasteiger charge is -2.22. The second-order valence-electron chi connectivity index (χ2n) is 5.91. The fourth-order valence-corrected chi connectivity index (χ4v) is 2.76. The van der Waals surface area contributed by atoms with Crippen LogP contribution in [-0.4, -0.2) is 24.3 Å². The summed E-state index contributed by atoms with van der Waals surface area (Å²) in [7, 11) is 1.83. The molecule has 0 aliphatic heterocycles. The summed E-state index contributed by atoms with van der Waals surface area (Å²) in [5.41, 5.74) is 1.76. The van der Waals surface area contributed by atoms with Crippen LogP contribution < -0.4 is 5.56 Å². The molecule has 2 heterocycles. The van der Waals surface area contributed by atoms with Gasteiger partial charge in [-0.15, -0.1) is 0 Å². The van der Waals surface area contributed by atoms with Gasteiger partial charge in [-0.2, -0.15) is 5.10 Å². The first-order valence-corrected chi connectivity index (χ1v) is 7.30. The van der Waals surface area contributed by atoms with Crippen LogP contribution in [0.25, 0.3) is 10.9 Å². The molecule has 1 aromatic carbocycles. The fraction of sp³-hybridized carbons (Fsp3) is 0.375. The van der Waals surface area contributed by atoms with Gasteiger partial charge in [0.1, 0.15) is 12.2 Å². The predicted octanol–water partition coefficient (Wildman–Crippen LogP) is 2.08. The van der Waals surface area contributed by atoms with E-state index in [-0.39, 0.29) is 17.5 Å². The van der Waals surface area contributed by atoms with Gasteiger partial charge < -0.3 is 0 Å². The number of aromatic nitrogens is 5. The minimum atomic E-state index is -0.196. The van der Waals surface area contributed by atoms with Gasteiger partial charge in [-0.25, -0.2) is 9.97 Å². The van der Waals surface area contributed by atoms with E-state index in [4.69, 9.17) is 0 Å². The zero-order chi connectivity index (χ0) is 15.9. The number of rotatable bonds is 3. The van der Waals surface area contributed by atoms with Crippen molar-refractivity contribution < 1.29 is 0 Å². The zero-order valence-electron chi connectivity index (χ0n) is 13.2. The molecule has 0 saturated heterocycles. The molecule has 0 spiro atoms. The van der Waals surface area contributed by atoms with Crippen LogP contribution in [0, 0.1) is 12.8 Å². The van der Waals surface area contributed by atoms with Gasteiger partial charge in [-0.3, -0.25) is 14.0 Å². The molecule has 6 nitrogen and oxygen atoms in total. The summed E-state index contributed by atoms with van der Waals surface area (Å²) in [5, 5.41) is 4.74. The van der Waals surface area contributed by atoms with Gasteiger partial charge in [0.25, 0.3) is 5.56 Å². The van der Waals surface area contributed by atoms with Crippen molar-refractivity contribution in [3.63, 3.8) is 0 Å². The van der Waals surface area contributed by atoms with Gasteiger partial charge in [0, 0.05) is 7.05 Å². The minimum absolute atomic E-state index is 0.0494. The van der Waals surface area contributed by atoms with Gasteiger partial charge in [-0.1, -0.05) is 19.9 Å². The third-order valence-corrected chi connectivity index (χ3v) is 3.88.